The summed E-state index contributed by atoms with van der Waals surface area (Å²) in [5, 5.41) is 7.22. The Morgan fingerprint density at radius 3 is 1.67 bits per heavy atom. The molecule has 0 unspecified atom stereocenters. The molecule has 0 bridgehead atoms. The Labute approximate surface area is 337 Å². The van der Waals surface area contributed by atoms with E-state index >= 15 is 0 Å². The lowest BCUT2D eigenvalue weighted by molar-refractivity contribution is 0.670. The molecule has 0 atom stereocenters. The second-order valence-corrected chi connectivity index (χ2v) is 14.9. The number of hydrogen-bond donors (Lipinski definition) is 0. The minimum absolute atomic E-state index is 0.904. The van der Waals surface area contributed by atoms with Gasteiger partial charge in [-0.1, -0.05) is 176 Å². The fourth-order valence-electron chi connectivity index (χ4n) is 8.65. The number of para-hydroxylation sites is 2. The maximum atomic E-state index is 6.45. The first-order valence-corrected chi connectivity index (χ1v) is 19.8. The molecule has 0 saturated carbocycles. The van der Waals surface area contributed by atoms with E-state index in [1.165, 1.54) is 49.4 Å². The van der Waals surface area contributed by atoms with E-state index in [0.29, 0.717) is 0 Å². The van der Waals surface area contributed by atoms with Crippen molar-refractivity contribution in [2.75, 3.05) is 4.90 Å². The van der Waals surface area contributed by atoms with Gasteiger partial charge in [0.05, 0.1) is 0 Å². The third-order valence-corrected chi connectivity index (χ3v) is 11.5. The second-order valence-electron chi connectivity index (χ2n) is 14.9. The standard InChI is InChI=1S/C56H37NO/c1-2-15-41-35-43(30-29-38(41)13-1)42-17-9-19-46(36-42)57(45-33-31-40(32-34-45)50-25-12-27-54-53-24-7-8-28-55(53)58-56(50)54)47-20-10-18-44(37-47)49-22-5-6-23-51(49)52-26-11-16-39-14-3-4-21-48(39)52/h1-37H. The first-order valence-electron chi connectivity index (χ1n) is 19.8. The molecule has 0 aliphatic carbocycles. The molecule has 1 aromatic heterocycles. The summed E-state index contributed by atoms with van der Waals surface area (Å²) in [5.41, 5.74) is 14.4. The summed E-state index contributed by atoms with van der Waals surface area (Å²) in [5.74, 6) is 0. The Morgan fingerprint density at radius 1 is 0.276 bits per heavy atom. The van der Waals surface area contributed by atoms with Crippen molar-refractivity contribution in [3.05, 3.63) is 224 Å². The van der Waals surface area contributed by atoms with E-state index in [9.17, 15) is 0 Å². The Bertz CT molecular complexity index is 3290. The van der Waals surface area contributed by atoms with Crippen molar-refractivity contribution in [1.82, 2.24) is 0 Å². The summed E-state index contributed by atoms with van der Waals surface area (Å²) < 4.78 is 6.45. The molecular weight excluding hydrogens is 703 g/mol. The van der Waals surface area contributed by atoms with Crippen LogP contribution in [0.4, 0.5) is 17.1 Å². The Balaban J connectivity index is 1.05. The molecule has 0 radical (unpaired) electrons. The summed E-state index contributed by atoms with van der Waals surface area (Å²) in [6, 6.07) is 80.7. The van der Waals surface area contributed by atoms with Crippen molar-refractivity contribution in [3.8, 4) is 44.5 Å². The van der Waals surface area contributed by atoms with Crippen molar-refractivity contribution >= 4 is 60.5 Å². The molecule has 58 heavy (non-hydrogen) atoms. The molecule has 2 nitrogen and oxygen atoms in total. The SMILES string of the molecule is c1cc(-c2ccc3ccccc3c2)cc(N(c2ccc(-c3cccc4c3oc3ccccc34)cc2)c2cccc(-c3ccccc3-c3cccc4ccccc34)c2)c1. The van der Waals surface area contributed by atoms with Crippen molar-refractivity contribution in [2.45, 2.75) is 0 Å². The molecule has 1 heterocycles. The highest BCUT2D eigenvalue weighted by molar-refractivity contribution is 6.09. The summed E-state index contributed by atoms with van der Waals surface area (Å²) in [6.07, 6.45) is 0. The van der Waals surface area contributed by atoms with Gasteiger partial charge in [0.1, 0.15) is 11.2 Å². The molecule has 0 saturated heterocycles. The van der Waals surface area contributed by atoms with Crippen LogP contribution in [0.3, 0.4) is 0 Å². The number of benzene rings is 10. The first kappa shape index (κ1) is 33.6. The van der Waals surface area contributed by atoms with Crippen LogP contribution in [0.5, 0.6) is 0 Å². The number of furan rings is 1. The quantitative estimate of drug-likeness (QED) is 0.162. The van der Waals surface area contributed by atoms with E-state index in [1.54, 1.807) is 0 Å². The predicted octanol–water partition coefficient (Wildman–Crippen LogP) is 16.0. The summed E-state index contributed by atoms with van der Waals surface area (Å²) >= 11 is 0. The zero-order chi connectivity index (χ0) is 38.4. The number of fused-ring (bicyclic) bond motifs is 5. The average Bonchev–Trinajstić information content (AvgIpc) is 3.68. The molecule has 0 N–H and O–H groups in total. The molecule has 0 aliphatic rings. The van der Waals surface area contributed by atoms with Gasteiger partial charge in [-0.05, 0) is 109 Å². The zero-order valence-corrected chi connectivity index (χ0v) is 31.7. The van der Waals surface area contributed by atoms with E-state index in [0.717, 1.165) is 55.7 Å². The highest BCUT2D eigenvalue weighted by Crippen LogP contribution is 2.43. The third-order valence-electron chi connectivity index (χ3n) is 11.5. The van der Waals surface area contributed by atoms with E-state index in [1.807, 2.05) is 12.1 Å². The average molecular weight is 740 g/mol. The minimum atomic E-state index is 0.904. The smallest absolute Gasteiger partial charge is 0.143 e. The van der Waals surface area contributed by atoms with Gasteiger partial charge in [-0.15, -0.1) is 0 Å². The van der Waals surface area contributed by atoms with Gasteiger partial charge in [-0.2, -0.15) is 0 Å². The molecular formula is C56H37NO. The first-order chi connectivity index (χ1) is 28.7. The Hall–Kier alpha value is -7.68. The topological polar surface area (TPSA) is 16.4 Å². The van der Waals surface area contributed by atoms with Crippen molar-refractivity contribution in [3.63, 3.8) is 0 Å². The third kappa shape index (κ3) is 5.91. The van der Waals surface area contributed by atoms with Crippen LogP contribution in [-0.4, -0.2) is 0 Å². The number of rotatable bonds is 7. The normalized spacial score (nSPS) is 11.4. The van der Waals surface area contributed by atoms with Crippen LogP contribution >= 0.6 is 0 Å². The maximum absolute atomic E-state index is 6.45. The van der Waals surface area contributed by atoms with Crippen LogP contribution in [0.25, 0.3) is 88.0 Å². The fraction of sp³-hybridized carbons (Fsp3) is 0. The lowest BCUT2D eigenvalue weighted by Gasteiger charge is -2.27. The fourth-order valence-corrected chi connectivity index (χ4v) is 8.65. The minimum Gasteiger partial charge on any atom is -0.455 e. The van der Waals surface area contributed by atoms with Gasteiger partial charge in [-0.25, -0.2) is 0 Å². The van der Waals surface area contributed by atoms with Gasteiger partial charge >= 0.3 is 0 Å². The van der Waals surface area contributed by atoms with Crippen LogP contribution in [-0.2, 0) is 0 Å². The molecule has 11 aromatic rings. The number of hydrogen-bond acceptors (Lipinski definition) is 2. The largest absolute Gasteiger partial charge is 0.455 e. The molecule has 0 amide bonds. The van der Waals surface area contributed by atoms with Crippen molar-refractivity contribution < 1.29 is 4.42 Å². The van der Waals surface area contributed by atoms with E-state index in [-0.39, 0.29) is 0 Å². The molecule has 10 aromatic carbocycles. The van der Waals surface area contributed by atoms with Crippen molar-refractivity contribution in [1.29, 1.82) is 0 Å². The van der Waals surface area contributed by atoms with Crippen LogP contribution in [0.1, 0.15) is 0 Å². The van der Waals surface area contributed by atoms with Gasteiger partial charge in [-0.3, -0.25) is 0 Å². The van der Waals surface area contributed by atoms with Gasteiger partial charge < -0.3 is 9.32 Å². The van der Waals surface area contributed by atoms with Gasteiger partial charge in [0.2, 0.25) is 0 Å². The Morgan fingerprint density at radius 2 is 0.828 bits per heavy atom. The predicted molar refractivity (Wildman–Crippen MR) is 245 cm³/mol. The highest BCUT2D eigenvalue weighted by Gasteiger charge is 2.18. The van der Waals surface area contributed by atoms with Crippen LogP contribution in [0, 0.1) is 0 Å². The maximum Gasteiger partial charge on any atom is 0.143 e. The molecule has 2 heteroatoms. The monoisotopic (exact) mass is 739 g/mol. The Kier molecular flexibility index (Phi) is 8.19. The molecule has 272 valence electrons. The van der Waals surface area contributed by atoms with E-state index < -0.39 is 0 Å². The van der Waals surface area contributed by atoms with Crippen LogP contribution in [0.15, 0.2) is 229 Å². The number of anilines is 3. The second kappa shape index (κ2) is 14.1. The molecule has 0 spiro atoms. The van der Waals surface area contributed by atoms with Crippen LogP contribution in [0.2, 0.25) is 0 Å². The highest BCUT2D eigenvalue weighted by atomic mass is 16.3. The molecule has 0 fully saturated rings. The summed E-state index contributed by atoms with van der Waals surface area (Å²) in [4.78, 5) is 2.38. The molecule has 0 aliphatic heterocycles. The van der Waals surface area contributed by atoms with E-state index in [4.69, 9.17) is 4.42 Å². The summed E-state index contributed by atoms with van der Waals surface area (Å²) in [7, 11) is 0. The lowest BCUT2D eigenvalue weighted by atomic mass is 9.91. The molecule has 11 rings (SSSR count). The van der Waals surface area contributed by atoms with Gasteiger partial charge in [0, 0.05) is 33.4 Å². The zero-order valence-electron chi connectivity index (χ0n) is 31.7. The van der Waals surface area contributed by atoms with Gasteiger partial charge in [0.15, 0.2) is 0 Å². The van der Waals surface area contributed by atoms with Crippen LogP contribution < -0.4 is 4.90 Å². The van der Waals surface area contributed by atoms with E-state index in [2.05, 4.69) is 217 Å². The lowest BCUT2D eigenvalue weighted by Crippen LogP contribution is -2.10. The van der Waals surface area contributed by atoms with Crippen molar-refractivity contribution in [2.24, 2.45) is 0 Å². The number of nitrogens with zero attached hydrogens (tertiary/aromatic N) is 1. The van der Waals surface area contributed by atoms with Gasteiger partial charge in [0.25, 0.3) is 0 Å². The summed E-state index contributed by atoms with van der Waals surface area (Å²) in [6.45, 7) is 0.